The normalized spacial score (nSPS) is 11.9. The van der Waals surface area contributed by atoms with E-state index in [1.165, 1.54) is 28.2 Å². The van der Waals surface area contributed by atoms with Gasteiger partial charge >= 0.3 is 0 Å². The molecule has 0 spiro atoms. The summed E-state index contributed by atoms with van der Waals surface area (Å²) in [6.45, 7) is 2.06. The molecule has 4 rings (SSSR count). The third kappa shape index (κ3) is 5.46. The first-order valence-corrected chi connectivity index (χ1v) is 13.0. The molecule has 164 valence electrons. The monoisotopic (exact) mass is 484 g/mol. The SMILES string of the molecule is Cc1nc(-c2cccs2)sc1-c1ccc(=O)n(CCNS(=O)(=O)/C=C/c2ccccc2)n1. The minimum Gasteiger partial charge on any atom is -0.268 e. The molecule has 0 saturated carbocycles. The van der Waals surface area contributed by atoms with Gasteiger partial charge in [-0.1, -0.05) is 36.4 Å². The minimum atomic E-state index is -3.63. The van der Waals surface area contributed by atoms with E-state index in [4.69, 9.17) is 0 Å². The van der Waals surface area contributed by atoms with Gasteiger partial charge < -0.3 is 0 Å². The molecule has 1 N–H and O–H groups in total. The Morgan fingerprint density at radius 1 is 1.09 bits per heavy atom. The van der Waals surface area contributed by atoms with Crippen LogP contribution < -0.4 is 10.3 Å². The van der Waals surface area contributed by atoms with E-state index < -0.39 is 10.0 Å². The van der Waals surface area contributed by atoms with Gasteiger partial charge in [0, 0.05) is 18.0 Å². The Morgan fingerprint density at radius 2 is 1.91 bits per heavy atom. The van der Waals surface area contributed by atoms with Gasteiger partial charge in [-0.05, 0) is 36.1 Å². The van der Waals surface area contributed by atoms with Crippen LogP contribution in [0.3, 0.4) is 0 Å². The van der Waals surface area contributed by atoms with Crippen molar-refractivity contribution in [3.05, 3.63) is 87.0 Å². The van der Waals surface area contributed by atoms with Crippen LogP contribution in [0.15, 0.2) is 70.2 Å². The Morgan fingerprint density at radius 3 is 2.66 bits per heavy atom. The number of aryl methyl sites for hydroxylation is 1. The van der Waals surface area contributed by atoms with Gasteiger partial charge in [-0.2, -0.15) is 5.10 Å². The summed E-state index contributed by atoms with van der Waals surface area (Å²) in [5.41, 5.74) is 1.95. The Kier molecular flexibility index (Phi) is 6.75. The van der Waals surface area contributed by atoms with Crippen molar-refractivity contribution in [3.63, 3.8) is 0 Å². The lowest BCUT2D eigenvalue weighted by Crippen LogP contribution is -2.31. The van der Waals surface area contributed by atoms with Gasteiger partial charge in [0.05, 0.1) is 22.0 Å². The van der Waals surface area contributed by atoms with Crippen molar-refractivity contribution < 1.29 is 8.42 Å². The Labute approximate surface area is 193 Å². The van der Waals surface area contributed by atoms with Gasteiger partial charge in [0.2, 0.25) is 10.0 Å². The van der Waals surface area contributed by atoms with Crippen molar-refractivity contribution in [2.75, 3.05) is 6.54 Å². The molecule has 0 radical (unpaired) electrons. The summed E-state index contributed by atoms with van der Waals surface area (Å²) < 4.78 is 28.2. The molecule has 0 amide bonds. The molecule has 0 saturated heterocycles. The largest absolute Gasteiger partial charge is 0.268 e. The summed E-state index contributed by atoms with van der Waals surface area (Å²) in [5, 5.41) is 8.46. The average molecular weight is 485 g/mol. The number of sulfonamides is 1. The second-order valence-corrected chi connectivity index (χ2v) is 10.4. The Hall–Kier alpha value is -2.92. The first-order valence-electron chi connectivity index (χ1n) is 9.74. The molecule has 1 aromatic carbocycles. The number of rotatable bonds is 8. The molecule has 3 heterocycles. The average Bonchev–Trinajstić information content (AvgIpc) is 3.44. The molecule has 0 aliphatic carbocycles. The summed E-state index contributed by atoms with van der Waals surface area (Å²) >= 11 is 3.13. The summed E-state index contributed by atoms with van der Waals surface area (Å²) in [5.74, 6) is 0. The predicted molar refractivity (Wildman–Crippen MR) is 130 cm³/mol. The molecule has 0 aliphatic rings. The van der Waals surface area contributed by atoms with Crippen molar-refractivity contribution in [2.24, 2.45) is 0 Å². The predicted octanol–water partition coefficient (Wildman–Crippen LogP) is 3.99. The molecule has 0 atom stereocenters. The van der Waals surface area contributed by atoms with Crippen molar-refractivity contribution >= 4 is 38.8 Å². The third-order valence-electron chi connectivity index (χ3n) is 4.49. The lowest BCUT2D eigenvalue weighted by molar-refractivity contribution is 0.554. The summed E-state index contributed by atoms with van der Waals surface area (Å²) in [6.07, 6.45) is 1.52. The fourth-order valence-electron chi connectivity index (χ4n) is 2.94. The molecular formula is C22H20N4O3S3. The molecule has 0 unspecified atom stereocenters. The molecular weight excluding hydrogens is 464 g/mol. The van der Waals surface area contributed by atoms with Crippen LogP contribution in [0.1, 0.15) is 11.3 Å². The highest BCUT2D eigenvalue weighted by atomic mass is 32.2. The van der Waals surface area contributed by atoms with E-state index in [9.17, 15) is 13.2 Å². The molecule has 0 aliphatic heterocycles. The fraction of sp³-hybridized carbons (Fsp3) is 0.136. The van der Waals surface area contributed by atoms with E-state index in [1.54, 1.807) is 17.4 Å². The van der Waals surface area contributed by atoms with E-state index in [-0.39, 0.29) is 18.6 Å². The highest BCUT2D eigenvalue weighted by Crippen LogP contribution is 2.35. The van der Waals surface area contributed by atoms with Crippen LogP contribution >= 0.6 is 22.7 Å². The third-order valence-corrected chi connectivity index (χ3v) is 7.81. The first-order chi connectivity index (χ1) is 15.4. The maximum atomic E-state index is 12.2. The zero-order valence-electron chi connectivity index (χ0n) is 17.1. The first kappa shape index (κ1) is 22.3. The number of thiazole rings is 1. The van der Waals surface area contributed by atoms with Gasteiger partial charge in [0.25, 0.3) is 5.56 Å². The second-order valence-electron chi connectivity index (χ2n) is 6.84. The van der Waals surface area contributed by atoms with Crippen LogP contribution in [0.4, 0.5) is 0 Å². The van der Waals surface area contributed by atoms with E-state index in [0.717, 1.165) is 31.4 Å². The van der Waals surface area contributed by atoms with Crippen molar-refractivity contribution in [2.45, 2.75) is 13.5 Å². The van der Waals surface area contributed by atoms with Crippen molar-refractivity contribution in [3.8, 4) is 20.5 Å². The number of benzene rings is 1. The minimum absolute atomic E-state index is 0.0416. The van der Waals surface area contributed by atoms with E-state index in [1.807, 2.05) is 54.8 Å². The van der Waals surface area contributed by atoms with Crippen LogP contribution in [0, 0.1) is 6.92 Å². The van der Waals surface area contributed by atoms with Crippen LogP contribution in [0.25, 0.3) is 26.5 Å². The van der Waals surface area contributed by atoms with Gasteiger partial charge in [-0.15, -0.1) is 22.7 Å². The van der Waals surface area contributed by atoms with E-state index >= 15 is 0 Å². The highest BCUT2D eigenvalue weighted by Gasteiger charge is 2.14. The number of nitrogens with zero attached hydrogens (tertiary/aromatic N) is 3. The Bertz CT molecular complexity index is 1390. The molecule has 32 heavy (non-hydrogen) atoms. The molecule has 3 aromatic heterocycles. The number of thiophene rings is 1. The van der Waals surface area contributed by atoms with Gasteiger partial charge in [0.1, 0.15) is 10.7 Å². The van der Waals surface area contributed by atoms with Crippen molar-refractivity contribution in [1.29, 1.82) is 0 Å². The van der Waals surface area contributed by atoms with Gasteiger partial charge in [0.15, 0.2) is 0 Å². The van der Waals surface area contributed by atoms with Crippen LogP contribution in [0.2, 0.25) is 0 Å². The summed E-state index contributed by atoms with van der Waals surface area (Å²) in [4.78, 5) is 18.8. The number of hydrogen-bond acceptors (Lipinski definition) is 7. The second kappa shape index (κ2) is 9.70. The van der Waals surface area contributed by atoms with E-state index in [2.05, 4.69) is 14.8 Å². The molecule has 10 heteroatoms. The smallest absolute Gasteiger partial charge is 0.266 e. The maximum Gasteiger partial charge on any atom is 0.266 e. The number of hydrogen-bond donors (Lipinski definition) is 1. The number of nitrogens with one attached hydrogen (secondary N) is 1. The molecule has 4 aromatic rings. The Balaban J connectivity index is 1.46. The van der Waals surface area contributed by atoms with Gasteiger partial charge in [-0.3, -0.25) is 4.79 Å². The quantitative estimate of drug-likeness (QED) is 0.408. The van der Waals surface area contributed by atoms with Crippen molar-refractivity contribution in [1.82, 2.24) is 19.5 Å². The summed E-state index contributed by atoms with van der Waals surface area (Å²) in [7, 11) is -3.63. The fourth-order valence-corrected chi connectivity index (χ4v) is 5.58. The maximum absolute atomic E-state index is 12.2. The zero-order chi connectivity index (χ0) is 22.6. The number of aromatic nitrogens is 3. The van der Waals surface area contributed by atoms with Gasteiger partial charge in [-0.25, -0.2) is 22.8 Å². The topological polar surface area (TPSA) is 94.0 Å². The molecule has 0 bridgehead atoms. The van der Waals surface area contributed by atoms with Crippen LogP contribution in [-0.2, 0) is 16.6 Å². The summed E-state index contributed by atoms with van der Waals surface area (Å²) in [6, 6.07) is 16.3. The molecule has 7 nitrogen and oxygen atoms in total. The standard InChI is InChI=1S/C22H20N4O3S3/c1-16-21(31-22(24-16)19-8-5-14-30-19)18-9-10-20(27)26(25-18)13-12-23-32(28,29)15-11-17-6-3-2-4-7-17/h2-11,14-15,23H,12-13H2,1H3/b15-11+. The zero-order valence-corrected chi connectivity index (χ0v) is 19.6. The molecule has 0 fully saturated rings. The highest BCUT2D eigenvalue weighted by molar-refractivity contribution is 7.92. The van der Waals surface area contributed by atoms with E-state index in [0.29, 0.717) is 5.69 Å². The lowest BCUT2D eigenvalue weighted by Gasteiger charge is -2.07. The van der Waals surface area contributed by atoms with Crippen LogP contribution in [-0.4, -0.2) is 29.7 Å². The van der Waals surface area contributed by atoms with Crippen LogP contribution in [0.5, 0.6) is 0 Å². The lowest BCUT2D eigenvalue weighted by atomic mass is 10.2.